The summed E-state index contributed by atoms with van der Waals surface area (Å²) in [6, 6.07) is 0. The number of methoxy groups -OCH3 is 1. The lowest BCUT2D eigenvalue weighted by Crippen LogP contribution is -2.71. The molecule has 0 spiro atoms. The lowest BCUT2D eigenvalue weighted by atomic mass is 9.44. The Morgan fingerprint density at radius 3 is 2.55 bits per heavy atom. The van der Waals surface area contributed by atoms with E-state index in [2.05, 4.69) is 4.74 Å². The molecule has 7 nitrogen and oxygen atoms in total. The van der Waals surface area contributed by atoms with Gasteiger partial charge >= 0.3 is 6.16 Å². The van der Waals surface area contributed by atoms with Gasteiger partial charge in [0.1, 0.15) is 0 Å². The zero-order chi connectivity index (χ0) is 24.6. The molecule has 0 heterocycles. The highest BCUT2D eigenvalue weighted by Crippen LogP contribution is 2.71. The average molecular weight is 483 g/mol. The Bertz CT molecular complexity index is 1010. The van der Waals surface area contributed by atoms with Crippen LogP contribution < -0.4 is 0 Å². The topological polar surface area (TPSA) is 107 Å². The third-order valence-electron chi connectivity index (χ3n) is 8.97. The largest absolute Gasteiger partial charge is 0.509 e. The van der Waals surface area contributed by atoms with Gasteiger partial charge in [-0.15, -0.1) is 11.6 Å². The quantitative estimate of drug-likeness (QED) is 0.486. The van der Waals surface area contributed by atoms with Crippen LogP contribution in [0.15, 0.2) is 23.8 Å². The highest BCUT2D eigenvalue weighted by Gasteiger charge is 2.78. The van der Waals surface area contributed by atoms with Gasteiger partial charge in [-0.05, 0) is 37.8 Å². The molecule has 4 aliphatic rings. The number of allylic oxidation sites excluding steroid dienone is 4. The summed E-state index contributed by atoms with van der Waals surface area (Å²) in [5.74, 6) is -3.87. The highest BCUT2D eigenvalue weighted by atomic mass is 35.5. The van der Waals surface area contributed by atoms with Gasteiger partial charge in [-0.1, -0.05) is 19.9 Å². The number of carbonyl (C=O) groups excluding carboxylic acids is 4. The smallest absolute Gasteiger partial charge is 0.438 e. The molecule has 3 saturated carbocycles. The molecule has 9 heteroatoms. The molecule has 0 aliphatic heterocycles. The first-order chi connectivity index (χ1) is 15.3. The molecule has 33 heavy (non-hydrogen) atoms. The molecule has 0 unspecified atom stereocenters. The van der Waals surface area contributed by atoms with Crippen molar-refractivity contribution < 1.29 is 38.1 Å². The fraction of sp³-hybridized carbons (Fsp3) is 0.667. The van der Waals surface area contributed by atoms with Crippen molar-refractivity contribution in [2.24, 2.45) is 28.6 Å². The third-order valence-corrected chi connectivity index (χ3v) is 9.21. The first-order valence-electron chi connectivity index (χ1n) is 11.0. The van der Waals surface area contributed by atoms with Crippen LogP contribution >= 0.6 is 11.6 Å². The van der Waals surface area contributed by atoms with Crippen LogP contribution in [0.3, 0.4) is 0 Å². The van der Waals surface area contributed by atoms with Crippen LogP contribution in [0.25, 0.3) is 0 Å². The predicted molar refractivity (Wildman–Crippen MR) is 115 cm³/mol. The van der Waals surface area contributed by atoms with Gasteiger partial charge in [-0.2, -0.15) is 0 Å². The summed E-state index contributed by atoms with van der Waals surface area (Å²) in [5.41, 5.74) is -6.66. The van der Waals surface area contributed by atoms with Crippen LogP contribution in [0, 0.1) is 28.6 Å². The summed E-state index contributed by atoms with van der Waals surface area (Å²) in [6.45, 7) is 4.94. The minimum absolute atomic E-state index is 0.0522. The van der Waals surface area contributed by atoms with Gasteiger partial charge in [0.2, 0.25) is 0 Å². The second kappa shape index (κ2) is 7.47. The average Bonchev–Trinajstić information content (AvgIpc) is 2.98. The van der Waals surface area contributed by atoms with E-state index in [1.54, 1.807) is 13.8 Å². The maximum atomic E-state index is 17.2. The van der Waals surface area contributed by atoms with Crippen LogP contribution in [0.2, 0.25) is 0 Å². The molecule has 4 rings (SSSR count). The lowest BCUT2D eigenvalue weighted by molar-refractivity contribution is -0.219. The van der Waals surface area contributed by atoms with E-state index < -0.39 is 69.6 Å². The number of halogens is 2. The molecule has 3 fully saturated rings. The van der Waals surface area contributed by atoms with E-state index in [1.165, 1.54) is 19.1 Å². The van der Waals surface area contributed by atoms with Crippen molar-refractivity contribution in [1.29, 1.82) is 0 Å². The van der Waals surface area contributed by atoms with Gasteiger partial charge in [-0.3, -0.25) is 14.4 Å². The standard InChI is InChI=1S/C24H28ClFO7/c1-12-7-14-15-9-17(28)16-8-13(27)5-6-21(16,2)23(15,26)18(29)10-22(14,3)24(12,19(30)11-25)33-20(31)32-4/h5-6,8,12,14-15,18,29H,7,9-11H2,1-4H3/t12-,14+,15+,18+,21+,22+,23+,24+/m1/s1. The summed E-state index contributed by atoms with van der Waals surface area (Å²) in [7, 11) is 1.12. The van der Waals surface area contributed by atoms with Gasteiger partial charge in [0.05, 0.1) is 24.5 Å². The van der Waals surface area contributed by atoms with E-state index in [1.807, 2.05) is 0 Å². The number of ether oxygens (including phenoxy) is 2. The van der Waals surface area contributed by atoms with Crippen molar-refractivity contribution in [2.75, 3.05) is 13.0 Å². The molecule has 0 aromatic rings. The fourth-order valence-electron chi connectivity index (χ4n) is 7.50. The van der Waals surface area contributed by atoms with Gasteiger partial charge < -0.3 is 14.6 Å². The number of fused-ring (bicyclic) bond motifs is 5. The number of Topliss-reactive ketones (excluding diaryl/α,β-unsaturated/α-hetero) is 2. The molecule has 0 saturated heterocycles. The van der Waals surface area contributed by atoms with Gasteiger partial charge in [0, 0.05) is 29.2 Å². The normalized spacial score (nSPS) is 46.1. The Morgan fingerprint density at radius 2 is 1.94 bits per heavy atom. The maximum Gasteiger partial charge on any atom is 0.509 e. The van der Waals surface area contributed by atoms with Crippen LogP contribution in [0.5, 0.6) is 0 Å². The molecule has 0 amide bonds. The minimum Gasteiger partial charge on any atom is -0.438 e. The molecule has 0 aromatic heterocycles. The van der Waals surface area contributed by atoms with Gasteiger partial charge in [-0.25, -0.2) is 9.18 Å². The van der Waals surface area contributed by atoms with Gasteiger partial charge in [0.15, 0.2) is 28.6 Å². The number of carbonyl (C=O) groups is 4. The second-order valence-corrected chi connectivity index (χ2v) is 10.5. The summed E-state index contributed by atoms with van der Waals surface area (Å²) in [4.78, 5) is 50.5. The zero-order valence-corrected chi connectivity index (χ0v) is 19.8. The number of alkyl halides is 2. The van der Waals surface area contributed by atoms with E-state index in [0.717, 1.165) is 13.2 Å². The molecular formula is C24H28ClFO7. The Morgan fingerprint density at radius 1 is 1.27 bits per heavy atom. The van der Waals surface area contributed by atoms with E-state index in [9.17, 15) is 24.3 Å². The van der Waals surface area contributed by atoms with Crippen LogP contribution in [0.4, 0.5) is 9.18 Å². The molecule has 4 aliphatic carbocycles. The van der Waals surface area contributed by atoms with Crippen LogP contribution in [-0.4, -0.2) is 59.0 Å². The summed E-state index contributed by atoms with van der Waals surface area (Å²) >= 11 is 5.94. The molecule has 180 valence electrons. The molecule has 8 atom stereocenters. The van der Waals surface area contributed by atoms with E-state index >= 15 is 4.39 Å². The number of hydrogen-bond acceptors (Lipinski definition) is 7. The summed E-state index contributed by atoms with van der Waals surface area (Å²) in [6.07, 6.45) is 0.932. The highest BCUT2D eigenvalue weighted by molar-refractivity contribution is 6.29. The molecular weight excluding hydrogens is 455 g/mol. The summed E-state index contributed by atoms with van der Waals surface area (Å²) < 4.78 is 27.5. The monoisotopic (exact) mass is 482 g/mol. The number of hydrogen-bond donors (Lipinski definition) is 1. The van der Waals surface area contributed by atoms with Crippen molar-refractivity contribution in [3.63, 3.8) is 0 Å². The van der Waals surface area contributed by atoms with Crippen molar-refractivity contribution in [3.05, 3.63) is 23.8 Å². The first kappa shape index (κ1) is 24.1. The van der Waals surface area contributed by atoms with Crippen LogP contribution in [-0.2, 0) is 23.9 Å². The molecule has 1 N–H and O–H groups in total. The van der Waals surface area contributed by atoms with Crippen molar-refractivity contribution in [2.45, 2.75) is 57.4 Å². The van der Waals surface area contributed by atoms with Crippen molar-refractivity contribution in [3.8, 4) is 0 Å². The maximum absolute atomic E-state index is 17.2. The molecule has 0 radical (unpaired) electrons. The second-order valence-electron chi connectivity index (χ2n) is 10.2. The number of aliphatic hydroxyl groups excluding tert-OH is 1. The number of ketones is 3. The zero-order valence-electron chi connectivity index (χ0n) is 19.0. The number of aliphatic hydroxyl groups is 1. The Balaban J connectivity index is 1.89. The van der Waals surface area contributed by atoms with Gasteiger partial charge in [0.25, 0.3) is 0 Å². The van der Waals surface area contributed by atoms with Crippen molar-refractivity contribution >= 4 is 35.1 Å². The fourth-order valence-corrected chi connectivity index (χ4v) is 7.70. The number of rotatable bonds is 3. The van der Waals surface area contributed by atoms with Crippen LogP contribution in [0.1, 0.15) is 40.0 Å². The summed E-state index contributed by atoms with van der Waals surface area (Å²) in [5, 5.41) is 11.3. The Hall–Kier alpha value is -2.06. The third kappa shape index (κ3) is 2.77. The predicted octanol–water partition coefficient (Wildman–Crippen LogP) is 3.11. The Kier molecular flexibility index (Phi) is 5.45. The van der Waals surface area contributed by atoms with E-state index in [0.29, 0.717) is 0 Å². The Labute approximate surface area is 196 Å². The SMILES string of the molecule is COC(=O)O[C@]1(C(=O)CCl)[C@H](C)C[C@H]2[C@@H]3CC(=O)C4=CC(=O)C=C[C@]4(C)[C@@]3(F)[C@@H](O)C[C@@]21C. The lowest BCUT2D eigenvalue weighted by Gasteiger charge is -2.62. The molecule has 0 aromatic carbocycles. The first-order valence-corrected chi connectivity index (χ1v) is 11.6. The minimum atomic E-state index is -2.26. The van der Waals surface area contributed by atoms with E-state index in [-0.39, 0.29) is 30.6 Å². The molecule has 0 bridgehead atoms. The van der Waals surface area contributed by atoms with Crippen molar-refractivity contribution in [1.82, 2.24) is 0 Å². The van der Waals surface area contributed by atoms with E-state index in [4.69, 9.17) is 16.3 Å².